The average Bonchev–Trinajstić information content (AvgIpc) is 3.25. The number of benzene rings is 8. The molecule has 0 fully saturated rings. The molecular formula is C78H91IN3O+. The third-order valence-electron chi connectivity index (χ3n) is 17.3. The summed E-state index contributed by atoms with van der Waals surface area (Å²) in [5.41, 5.74) is 18.4. The molecule has 0 aliphatic carbocycles. The molecular weight excluding hydrogens is 1120 g/mol. The molecule has 4 nitrogen and oxygen atoms in total. The van der Waals surface area contributed by atoms with Crippen molar-refractivity contribution < 1.29 is 9.42 Å². The Morgan fingerprint density at radius 1 is 0.313 bits per heavy atom. The minimum atomic E-state index is -0.622. The molecule has 0 atom stereocenters. The normalized spacial score (nSPS) is 13.1. The Labute approximate surface area is 512 Å². The van der Waals surface area contributed by atoms with Crippen LogP contribution in [0.4, 0.5) is 0 Å². The first-order valence-electron chi connectivity index (χ1n) is 29.9. The van der Waals surface area contributed by atoms with Gasteiger partial charge in [-0.1, -0.05) is 299 Å². The molecule has 0 amide bonds. The Morgan fingerprint density at radius 2 is 0.506 bits per heavy atom. The SMILES string of the molecule is C[n+]1nn(-c2ccc(C(c3ccc(C(C)(C)C)cc3)(c3ccc(C(C)(C)C)cc3)c3ccc(C(C)(C)C)cc3)cc2)c(I)c1COc1ccc(C(c2ccc(C(C)(C)C)cc2)(c2ccc(C(C)(C)C)cc2)c2ccc(C(C)(C)C)cc2)cc1. The van der Waals surface area contributed by atoms with E-state index >= 15 is 0 Å². The number of halogens is 1. The van der Waals surface area contributed by atoms with Crippen molar-refractivity contribution in [2.45, 2.75) is 175 Å². The van der Waals surface area contributed by atoms with E-state index in [-0.39, 0.29) is 32.5 Å². The predicted molar refractivity (Wildman–Crippen MR) is 357 cm³/mol. The highest BCUT2D eigenvalue weighted by molar-refractivity contribution is 14.1. The fourth-order valence-corrected chi connectivity index (χ4v) is 12.8. The van der Waals surface area contributed by atoms with E-state index in [4.69, 9.17) is 9.95 Å². The molecule has 9 rings (SSSR count). The summed E-state index contributed by atoms with van der Waals surface area (Å²) in [6, 6.07) is 74.1. The van der Waals surface area contributed by atoms with Crippen LogP contribution < -0.4 is 9.42 Å². The first kappa shape index (κ1) is 61.0. The van der Waals surface area contributed by atoms with E-state index in [9.17, 15) is 0 Å². The molecule has 0 saturated carbocycles. The fourth-order valence-electron chi connectivity index (χ4n) is 11.9. The average molecular weight is 1210 g/mol. The second kappa shape index (κ2) is 22.5. The Morgan fingerprint density at radius 3 is 0.723 bits per heavy atom. The minimum absolute atomic E-state index is 0.0173. The van der Waals surface area contributed by atoms with Crippen LogP contribution in [0.3, 0.4) is 0 Å². The molecule has 0 saturated heterocycles. The zero-order valence-electron chi connectivity index (χ0n) is 53.3. The summed E-state index contributed by atoms with van der Waals surface area (Å²) < 4.78 is 11.7. The molecule has 0 spiro atoms. The monoisotopic (exact) mass is 1210 g/mol. The van der Waals surface area contributed by atoms with Gasteiger partial charge in [0.15, 0.2) is 12.3 Å². The van der Waals surface area contributed by atoms with Crippen molar-refractivity contribution in [3.63, 3.8) is 0 Å². The van der Waals surface area contributed by atoms with Gasteiger partial charge in [-0.05, 0) is 135 Å². The van der Waals surface area contributed by atoms with Gasteiger partial charge in [-0.3, -0.25) is 0 Å². The lowest BCUT2D eigenvalue weighted by molar-refractivity contribution is -0.739. The van der Waals surface area contributed by atoms with Gasteiger partial charge >= 0.3 is 0 Å². The molecule has 5 heteroatoms. The van der Waals surface area contributed by atoms with Crippen molar-refractivity contribution in [1.29, 1.82) is 0 Å². The van der Waals surface area contributed by atoms with Gasteiger partial charge in [0.1, 0.15) is 12.8 Å². The van der Waals surface area contributed by atoms with Crippen LogP contribution >= 0.6 is 22.6 Å². The lowest BCUT2D eigenvalue weighted by Gasteiger charge is -2.38. The maximum atomic E-state index is 6.77. The van der Waals surface area contributed by atoms with Crippen LogP contribution in [0, 0.1) is 3.70 Å². The van der Waals surface area contributed by atoms with Crippen molar-refractivity contribution in [2.24, 2.45) is 7.05 Å². The van der Waals surface area contributed by atoms with Gasteiger partial charge in [0.2, 0.25) is 9.39 Å². The predicted octanol–water partition coefficient (Wildman–Crippen LogP) is 19.4. The van der Waals surface area contributed by atoms with Crippen molar-refractivity contribution in [3.05, 3.63) is 281 Å². The van der Waals surface area contributed by atoms with Gasteiger partial charge in [0.25, 0.3) is 0 Å². The van der Waals surface area contributed by atoms with Crippen LogP contribution in [0.25, 0.3) is 5.69 Å². The first-order valence-corrected chi connectivity index (χ1v) is 31.0. The largest absolute Gasteiger partial charge is 0.485 e. The van der Waals surface area contributed by atoms with E-state index in [0.29, 0.717) is 6.61 Å². The molecule has 0 bridgehead atoms. The number of nitrogens with zero attached hydrogens (tertiary/aromatic N) is 3. The summed E-state index contributed by atoms with van der Waals surface area (Å²) in [4.78, 5) is 0. The maximum absolute atomic E-state index is 6.77. The quantitative estimate of drug-likeness (QED) is 0.0693. The Hall–Kier alpha value is -6.57. The Balaban J connectivity index is 1.09. The van der Waals surface area contributed by atoms with E-state index in [1.54, 1.807) is 0 Å². The van der Waals surface area contributed by atoms with Crippen LogP contribution in [-0.2, 0) is 57.0 Å². The van der Waals surface area contributed by atoms with Gasteiger partial charge in [0.05, 0.1) is 16.0 Å². The highest BCUT2D eigenvalue weighted by Crippen LogP contribution is 2.49. The van der Waals surface area contributed by atoms with E-state index in [1.165, 1.54) is 77.9 Å². The smallest absolute Gasteiger partial charge is 0.240 e. The number of aryl methyl sites for hydroxylation is 1. The molecule has 83 heavy (non-hydrogen) atoms. The zero-order valence-corrected chi connectivity index (χ0v) is 55.5. The summed E-state index contributed by atoms with van der Waals surface area (Å²) in [5.74, 6) is 0.794. The summed E-state index contributed by atoms with van der Waals surface area (Å²) >= 11 is 2.44. The summed E-state index contributed by atoms with van der Waals surface area (Å²) in [5, 5.41) is 5.11. The van der Waals surface area contributed by atoms with Crippen molar-refractivity contribution in [1.82, 2.24) is 9.90 Å². The zero-order chi connectivity index (χ0) is 60.3. The van der Waals surface area contributed by atoms with Crippen LogP contribution in [-0.4, -0.2) is 9.90 Å². The van der Waals surface area contributed by atoms with Crippen LogP contribution in [0.5, 0.6) is 5.75 Å². The van der Waals surface area contributed by atoms with Crippen molar-refractivity contribution in [3.8, 4) is 11.4 Å². The molecule has 0 aliphatic rings. The van der Waals surface area contributed by atoms with E-state index in [2.05, 4.69) is 341 Å². The van der Waals surface area contributed by atoms with E-state index in [0.717, 1.165) is 20.8 Å². The maximum Gasteiger partial charge on any atom is 0.240 e. The van der Waals surface area contributed by atoms with E-state index in [1.807, 2.05) is 16.4 Å². The summed E-state index contributed by atoms with van der Waals surface area (Å²) in [6.45, 7) is 41.5. The second-order valence-corrected chi connectivity index (χ2v) is 30.5. The fraction of sp³-hybridized carbons (Fsp3) is 0.359. The molecule has 430 valence electrons. The summed E-state index contributed by atoms with van der Waals surface area (Å²) in [7, 11) is 2.01. The highest BCUT2D eigenvalue weighted by atomic mass is 127. The Kier molecular flexibility index (Phi) is 16.5. The number of aromatic nitrogens is 3. The number of rotatable bonds is 12. The standard InChI is InChI=1S/C78H91IN3O/c1-71(2,3)53-20-32-59(33-21-53)77(60-34-22-54(23-35-60)72(4,5)6,61-36-24-55(25-37-61)73(7,8)9)65-44-48-67(49-45-65)82-70(79)69(81(19)80-82)52-83-68-50-46-66(47-51-68)78(62-38-26-56(27-39-62)74(10,11)12,63-40-28-57(29-41-63)75(13,14)15)64-42-30-58(31-43-64)76(16,17)18/h20-51H,52H2,1-19H3/q+1. The van der Waals surface area contributed by atoms with E-state index < -0.39 is 10.8 Å². The van der Waals surface area contributed by atoms with Crippen molar-refractivity contribution >= 4 is 22.6 Å². The number of hydrogen-bond donors (Lipinski definition) is 0. The molecule has 0 N–H and O–H groups in total. The first-order chi connectivity index (χ1) is 38.7. The summed E-state index contributed by atoms with van der Waals surface area (Å²) in [6.07, 6.45) is 0. The van der Waals surface area contributed by atoms with Gasteiger partial charge in [-0.15, -0.1) is 4.68 Å². The molecule has 8 aromatic carbocycles. The lowest BCUT2D eigenvalue weighted by atomic mass is 9.64. The third-order valence-corrected chi connectivity index (χ3v) is 18.4. The number of hydrogen-bond acceptors (Lipinski definition) is 2. The number of ether oxygens (including phenoxy) is 1. The molecule has 0 aliphatic heterocycles. The third kappa shape index (κ3) is 12.2. The lowest BCUT2D eigenvalue weighted by Crippen LogP contribution is -2.36. The molecule has 0 unspecified atom stereocenters. The second-order valence-electron chi connectivity index (χ2n) is 29.5. The molecule has 1 heterocycles. The van der Waals surface area contributed by atoms with Gasteiger partial charge < -0.3 is 4.74 Å². The van der Waals surface area contributed by atoms with Gasteiger partial charge in [-0.2, -0.15) is 0 Å². The highest BCUT2D eigenvalue weighted by Gasteiger charge is 2.41. The van der Waals surface area contributed by atoms with Crippen LogP contribution in [0.2, 0.25) is 0 Å². The van der Waals surface area contributed by atoms with Gasteiger partial charge in [0, 0.05) is 22.6 Å². The minimum Gasteiger partial charge on any atom is -0.485 e. The van der Waals surface area contributed by atoms with Crippen LogP contribution in [0.1, 0.15) is 208 Å². The molecule has 1 aromatic heterocycles. The van der Waals surface area contributed by atoms with Gasteiger partial charge in [-0.25, -0.2) is 0 Å². The Bertz CT molecular complexity index is 3380. The molecule has 9 aromatic rings. The topological polar surface area (TPSA) is 30.9 Å². The van der Waals surface area contributed by atoms with Crippen molar-refractivity contribution in [2.75, 3.05) is 0 Å². The molecule has 0 radical (unpaired) electrons. The van der Waals surface area contributed by atoms with Crippen LogP contribution in [0.15, 0.2) is 194 Å².